The standard InChI is InChI=1S/C8H12Cl3NO5/c1-2-3(13)4(14)5(15)6(16-2)17-7(12)8(9,10)11/h2-6,12-15H,1H3/t2-,3+,4+,5-,6?/m0/s1. The third-order valence-corrected chi connectivity index (χ3v) is 2.81. The Morgan fingerprint density at radius 2 is 1.71 bits per heavy atom. The molecule has 1 unspecified atom stereocenters. The fraction of sp³-hybridized carbons (Fsp3) is 0.875. The molecule has 9 heteroatoms. The molecule has 0 aromatic heterocycles. The van der Waals surface area contributed by atoms with Gasteiger partial charge in [-0.3, -0.25) is 5.41 Å². The van der Waals surface area contributed by atoms with Crippen LogP contribution in [0, 0.1) is 5.41 Å². The molecule has 100 valence electrons. The number of alkyl halides is 3. The van der Waals surface area contributed by atoms with Gasteiger partial charge in [0.1, 0.15) is 18.3 Å². The lowest BCUT2D eigenvalue weighted by Crippen LogP contribution is -2.58. The van der Waals surface area contributed by atoms with E-state index in [1.54, 1.807) is 0 Å². The molecule has 1 fully saturated rings. The van der Waals surface area contributed by atoms with Crippen molar-refractivity contribution in [3.05, 3.63) is 0 Å². The first-order chi connectivity index (χ1) is 7.64. The maximum atomic E-state index is 9.55. The second kappa shape index (κ2) is 5.44. The van der Waals surface area contributed by atoms with Crippen LogP contribution < -0.4 is 0 Å². The van der Waals surface area contributed by atoms with E-state index >= 15 is 0 Å². The van der Waals surface area contributed by atoms with Crippen LogP contribution in [0.5, 0.6) is 0 Å². The maximum absolute atomic E-state index is 9.55. The highest BCUT2D eigenvalue weighted by Crippen LogP contribution is 2.30. The largest absolute Gasteiger partial charge is 0.445 e. The van der Waals surface area contributed by atoms with Gasteiger partial charge in [0.25, 0.3) is 3.79 Å². The molecule has 0 amide bonds. The van der Waals surface area contributed by atoms with Gasteiger partial charge in [-0.05, 0) is 6.92 Å². The Hall–Kier alpha value is 0.180. The Bertz CT molecular complexity index is 297. The van der Waals surface area contributed by atoms with Crippen LogP contribution in [-0.4, -0.2) is 55.7 Å². The summed E-state index contributed by atoms with van der Waals surface area (Å²) in [5, 5.41) is 35.7. The van der Waals surface area contributed by atoms with Gasteiger partial charge in [-0.25, -0.2) is 0 Å². The minimum atomic E-state index is -2.09. The quantitative estimate of drug-likeness (QED) is 0.314. The van der Waals surface area contributed by atoms with Crippen molar-refractivity contribution >= 4 is 40.7 Å². The molecule has 1 heterocycles. The summed E-state index contributed by atoms with van der Waals surface area (Å²) in [5.41, 5.74) is 0. The Labute approximate surface area is 112 Å². The number of ether oxygens (including phenoxy) is 2. The number of rotatable bonds is 1. The van der Waals surface area contributed by atoms with Crippen LogP contribution in [0.1, 0.15) is 6.92 Å². The highest BCUT2D eigenvalue weighted by molar-refractivity contribution is 6.76. The zero-order valence-electron chi connectivity index (χ0n) is 8.68. The first-order valence-electron chi connectivity index (χ1n) is 4.66. The SMILES string of the molecule is C[C@@H]1OC(OC(=N)C(Cl)(Cl)Cl)[C@@H](O)[C@H](O)[C@@H]1O. The molecular formula is C8H12Cl3NO5. The molecule has 1 rings (SSSR count). The third-order valence-electron chi connectivity index (χ3n) is 2.30. The molecule has 17 heavy (non-hydrogen) atoms. The Balaban J connectivity index is 2.69. The topological polar surface area (TPSA) is 103 Å². The van der Waals surface area contributed by atoms with Crippen molar-refractivity contribution in [1.29, 1.82) is 5.41 Å². The van der Waals surface area contributed by atoms with E-state index < -0.39 is 40.4 Å². The van der Waals surface area contributed by atoms with Gasteiger partial charge in [0.05, 0.1) is 6.10 Å². The summed E-state index contributed by atoms with van der Waals surface area (Å²) in [5.74, 6) is -0.748. The number of nitrogens with one attached hydrogen (secondary N) is 1. The monoisotopic (exact) mass is 307 g/mol. The highest BCUT2D eigenvalue weighted by Gasteiger charge is 2.44. The van der Waals surface area contributed by atoms with Crippen LogP contribution in [0.4, 0.5) is 0 Å². The van der Waals surface area contributed by atoms with Gasteiger partial charge in [0.2, 0.25) is 12.2 Å². The van der Waals surface area contributed by atoms with Crippen LogP contribution in [-0.2, 0) is 9.47 Å². The zero-order chi connectivity index (χ0) is 13.4. The Kier molecular flexibility index (Phi) is 4.88. The molecule has 0 aromatic carbocycles. The first-order valence-corrected chi connectivity index (χ1v) is 5.80. The number of hydrogen-bond donors (Lipinski definition) is 4. The van der Waals surface area contributed by atoms with Crippen LogP contribution in [0.25, 0.3) is 0 Å². The van der Waals surface area contributed by atoms with Crippen molar-refractivity contribution in [3.8, 4) is 0 Å². The Morgan fingerprint density at radius 3 is 2.18 bits per heavy atom. The van der Waals surface area contributed by atoms with E-state index in [-0.39, 0.29) is 0 Å². The lowest BCUT2D eigenvalue weighted by Gasteiger charge is -2.39. The molecule has 0 saturated carbocycles. The number of halogens is 3. The molecule has 1 aliphatic heterocycles. The van der Waals surface area contributed by atoms with E-state index in [1.165, 1.54) is 6.92 Å². The number of hydrogen-bond acceptors (Lipinski definition) is 6. The van der Waals surface area contributed by atoms with Crippen molar-refractivity contribution in [3.63, 3.8) is 0 Å². The average Bonchev–Trinajstić information content (AvgIpc) is 2.21. The Morgan fingerprint density at radius 1 is 1.18 bits per heavy atom. The van der Waals surface area contributed by atoms with Gasteiger partial charge >= 0.3 is 0 Å². The highest BCUT2D eigenvalue weighted by atomic mass is 35.6. The molecule has 1 saturated heterocycles. The molecule has 0 bridgehead atoms. The van der Waals surface area contributed by atoms with Gasteiger partial charge in [0.15, 0.2) is 0 Å². The summed E-state index contributed by atoms with van der Waals surface area (Å²) in [7, 11) is 0. The summed E-state index contributed by atoms with van der Waals surface area (Å²) in [4.78, 5) is 0. The molecule has 0 spiro atoms. The molecule has 0 aliphatic carbocycles. The molecule has 0 radical (unpaired) electrons. The van der Waals surface area contributed by atoms with E-state index in [0.717, 1.165) is 0 Å². The van der Waals surface area contributed by atoms with Gasteiger partial charge < -0.3 is 24.8 Å². The van der Waals surface area contributed by atoms with E-state index in [2.05, 4.69) is 0 Å². The minimum absolute atomic E-state index is 0.748. The van der Waals surface area contributed by atoms with E-state index in [1.807, 2.05) is 0 Å². The molecule has 1 aliphatic rings. The van der Waals surface area contributed by atoms with Crippen molar-refractivity contribution in [2.24, 2.45) is 0 Å². The lowest BCUT2D eigenvalue weighted by molar-refractivity contribution is -0.272. The molecule has 5 atom stereocenters. The van der Waals surface area contributed by atoms with Crippen LogP contribution >= 0.6 is 34.8 Å². The van der Waals surface area contributed by atoms with Crippen molar-refractivity contribution in [2.45, 2.75) is 41.4 Å². The van der Waals surface area contributed by atoms with Gasteiger partial charge in [0, 0.05) is 0 Å². The summed E-state index contributed by atoms with van der Waals surface area (Å²) >= 11 is 16.2. The van der Waals surface area contributed by atoms with Gasteiger partial charge in [-0.2, -0.15) is 0 Å². The third kappa shape index (κ3) is 3.57. The summed E-state index contributed by atoms with van der Waals surface area (Å²) in [6.07, 6.45) is -6.44. The minimum Gasteiger partial charge on any atom is -0.445 e. The van der Waals surface area contributed by atoms with Gasteiger partial charge in [-0.1, -0.05) is 34.8 Å². The summed E-state index contributed by atoms with van der Waals surface area (Å²) < 4.78 is 7.76. The fourth-order valence-corrected chi connectivity index (χ4v) is 1.43. The second-order valence-corrected chi connectivity index (χ2v) is 5.91. The predicted molar refractivity (Wildman–Crippen MR) is 61.5 cm³/mol. The normalized spacial score (nSPS) is 38.9. The molecular weight excluding hydrogens is 296 g/mol. The maximum Gasteiger partial charge on any atom is 0.265 e. The van der Waals surface area contributed by atoms with E-state index in [4.69, 9.17) is 49.7 Å². The van der Waals surface area contributed by atoms with E-state index in [0.29, 0.717) is 0 Å². The van der Waals surface area contributed by atoms with Crippen LogP contribution in [0.15, 0.2) is 0 Å². The summed E-state index contributed by atoms with van der Waals surface area (Å²) in [6, 6.07) is 0. The second-order valence-electron chi connectivity index (χ2n) is 3.63. The molecule has 4 N–H and O–H groups in total. The molecule has 6 nitrogen and oxygen atoms in total. The predicted octanol–water partition coefficient (Wildman–Crippen LogP) is 0.178. The fourth-order valence-electron chi connectivity index (χ4n) is 1.29. The zero-order valence-corrected chi connectivity index (χ0v) is 10.9. The van der Waals surface area contributed by atoms with Crippen molar-refractivity contribution in [1.82, 2.24) is 0 Å². The summed E-state index contributed by atoms with van der Waals surface area (Å²) in [6.45, 7) is 1.47. The van der Waals surface area contributed by atoms with Crippen LogP contribution in [0.2, 0.25) is 0 Å². The van der Waals surface area contributed by atoms with Crippen molar-refractivity contribution in [2.75, 3.05) is 0 Å². The van der Waals surface area contributed by atoms with Crippen molar-refractivity contribution < 1.29 is 24.8 Å². The van der Waals surface area contributed by atoms with E-state index in [9.17, 15) is 15.3 Å². The molecule has 0 aromatic rings. The number of aliphatic hydroxyl groups is 3. The number of aliphatic hydroxyl groups excluding tert-OH is 3. The first kappa shape index (κ1) is 15.2. The van der Waals surface area contributed by atoms with Gasteiger partial charge in [-0.15, -0.1) is 0 Å². The van der Waals surface area contributed by atoms with Crippen LogP contribution in [0.3, 0.4) is 0 Å². The average molecular weight is 309 g/mol. The lowest BCUT2D eigenvalue weighted by atomic mass is 10.0. The smallest absolute Gasteiger partial charge is 0.265 e.